The van der Waals surface area contributed by atoms with E-state index in [1.807, 2.05) is 43.1 Å². The number of carbonyl (C=O) groups excluding carboxylic acids is 1. The summed E-state index contributed by atoms with van der Waals surface area (Å²) < 4.78 is 0. The van der Waals surface area contributed by atoms with E-state index in [2.05, 4.69) is 10.6 Å². The number of piperidine rings is 1. The summed E-state index contributed by atoms with van der Waals surface area (Å²) in [7, 11) is 1.94. The number of hydrogen-bond acceptors (Lipinski definition) is 3. The average Bonchev–Trinajstić information content (AvgIpc) is 2.74. The summed E-state index contributed by atoms with van der Waals surface area (Å²) in [5, 5.41) is 18.4. The van der Waals surface area contributed by atoms with Crippen LogP contribution < -0.4 is 10.6 Å². The smallest absolute Gasteiger partial charge is 0.317 e. The molecule has 1 aliphatic heterocycles. The number of amides is 2. The van der Waals surface area contributed by atoms with E-state index in [9.17, 15) is 9.90 Å². The molecular formula is C24H38ClN3O2. The van der Waals surface area contributed by atoms with Crippen molar-refractivity contribution in [1.82, 2.24) is 15.5 Å². The van der Waals surface area contributed by atoms with Crippen LogP contribution in [0.5, 0.6) is 0 Å². The fourth-order valence-electron chi connectivity index (χ4n) is 5.19. The largest absolute Gasteiger partial charge is 0.385 e. The van der Waals surface area contributed by atoms with Crippen molar-refractivity contribution in [3.8, 4) is 0 Å². The quantitative estimate of drug-likeness (QED) is 0.589. The standard InChI is InChI=1S/C24H38ClN3O2/c1-24(30,19-10-6-12-21(25)15-19)20-11-7-13-28(17-20)23(29)27-22(16-26-2)14-18-8-4-3-5-9-18/h6,10,12,15,18,20,22,26,30H,3-5,7-9,11,13-14,16-17H2,1-2H3,(H,27,29)/t20-,22+,24-/m1/s1. The molecule has 3 rings (SSSR count). The SMILES string of the molecule is CNC[C@H](CC1CCCCC1)NC(=O)N1CCC[C@@H]([C@](C)(O)c2cccc(Cl)c2)C1. The van der Waals surface area contributed by atoms with Crippen molar-refractivity contribution in [2.45, 2.75) is 69.9 Å². The minimum atomic E-state index is -1.02. The summed E-state index contributed by atoms with van der Waals surface area (Å²) in [5.74, 6) is 0.701. The Labute approximate surface area is 186 Å². The van der Waals surface area contributed by atoms with Crippen molar-refractivity contribution >= 4 is 17.6 Å². The molecule has 1 aromatic rings. The highest BCUT2D eigenvalue weighted by atomic mass is 35.5. The maximum Gasteiger partial charge on any atom is 0.317 e. The van der Waals surface area contributed by atoms with Gasteiger partial charge in [0.05, 0.1) is 5.60 Å². The molecule has 1 heterocycles. The average molecular weight is 436 g/mol. The first-order valence-corrected chi connectivity index (χ1v) is 12.0. The van der Waals surface area contributed by atoms with E-state index >= 15 is 0 Å². The van der Waals surface area contributed by atoms with Gasteiger partial charge in [0.2, 0.25) is 0 Å². The van der Waals surface area contributed by atoms with Crippen LogP contribution in [-0.2, 0) is 5.60 Å². The van der Waals surface area contributed by atoms with E-state index < -0.39 is 5.60 Å². The van der Waals surface area contributed by atoms with Crippen LogP contribution >= 0.6 is 11.6 Å². The van der Waals surface area contributed by atoms with Crippen LogP contribution in [0.2, 0.25) is 5.02 Å². The number of hydrogen-bond donors (Lipinski definition) is 3. The minimum absolute atomic E-state index is 0.00217. The second-order valence-corrected chi connectivity index (χ2v) is 9.82. The number of halogens is 1. The van der Waals surface area contributed by atoms with Crippen molar-refractivity contribution in [1.29, 1.82) is 0 Å². The van der Waals surface area contributed by atoms with E-state index in [0.717, 1.165) is 43.8 Å². The number of aliphatic hydroxyl groups is 1. The van der Waals surface area contributed by atoms with Gasteiger partial charge >= 0.3 is 6.03 Å². The summed E-state index contributed by atoms with van der Waals surface area (Å²) in [6.07, 6.45) is 9.38. The zero-order valence-corrected chi connectivity index (χ0v) is 19.3. The fourth-order valence-corrected chi connectivity index (χ4v) is 5.38. The molecule has 5 nitrogen and oxygen atoms in total. The van der Waals surface area contributed by atoms with Crippen LogP contribution in [0.3, 0.4) is 0 Å². The van der Waals surface area contributed by atoms with Crippen molar-refractivity contribution in [2.24, 2.45) is 11.8 Å². The van der Waals surface area contributed by atoms with Gasteiger partial charge in [-0.2, -0.15) is 0 Å². The number of urea groups is 1. The fraction of sp³-hybridized carbons (Fsp3) is 0.708. The van der Waals surface area contributed by atoms with Crippen molar-refractivity contribution < 1.29 is 9.90 Å². The second kappa shape index (κ2) is 10.8. The first-order valence-electron chi connectivity index (χ1n) is 11.6. The summed E-state index contributed by atoms with van der Waals surface area (Å²) in [5.41, 5.74) is -0.205. The highest BCUT2D eigenvalue weighted by Crippen LogP contribution is 2.36. The van der Waals surface area contributed by atoms with E-state index in [-0.39, 0.29) is 18.0 Å². The van der Waals surface area contributed by atoms with Crippen LogP contribution in [-0.4, -0.2) is 48.8 Å². The van der Waals surface area contributed by atoms with Gasteiger partial charge in [0.15, 0.2) is 0 Å². The van der Waals surface area contributed by atoms with E-state index in [1.165, 1.54) is 32.1 Å². The van der Waals surface area contributed by atoms with E-state index in [4.69, 9.17) is 11.6 Å². The summed E-state index contributed by atoms with van der Waals surface area (Å²) >= 11 is 6.14. The van der Waals surface area contributed by atoms with E-state index in [0.29, 0.717) is 11.6 Å². The Bertz CT molecular complexity index is 691. The predicted octanol–water partition coefficient (Wildman–Crippen LogP) is 4.53. The monoisotopic (exact) mass is 435 g/mol. The van der Waals surface area contributed by atoms with Crippen LogP contribution in [0.1, 0.15) is 63.9 Å². The second-order valence-electron chi connectivity index (χ2n) is 9.39. The Hall–Kier alpha value is -1.30. The number of likely N-dealkylation sites (N-methyl/N-ethyl adjacent to an activating group) is 1. The van der Waals surface area contributed by atoms with Crippen LogP contribution in [0, 0.1) is 11.8 Å². The molecule has 0 spiro atoms. The normalized spacial score (nSPS) is 23.6. The highest BCUT2D eigenvalue weighted by molar-refractivity contribution is 6.30. The number of nitrogens with zero attached hydrogens (tertiary/aromatic N) is 1. The molecule has 168 valence electrons. The van der Waals surface area contributed by atoms with Gasteiger partial charge in [-0.1, -0.05) is 55.8 Å². The Morgan fingerprint density at radius 1 is 1.27 bits per heavy atom. The third-order valence-corrected chi connectivity index (χ3v) is 7.27. The Balaban J connectivity index is 1.61. The molecule has 1 aromatic carbocycles. The van der Waals surface area contributed by atoms with Gasteiger partial charge in [-0.15, -0.1) is 0 Å². The van der Waals surface area contributed by atoms with Gasteiger partial charge in [-0.25, -0.2) is 4.79 Å². The third kappa shape index (κ3) is 6.12. The number of nitrogens with one attached hydrogen (secondary N) is 2. The molecule has 2 aliphatic rings. The predicted molar refractivity (Wildman–Crippen MR) is 123 cm³/mol. The highest BCUT2D eigenvalue weighted by Gasteiger charge is 2.38. The van der Waals surface area contributed by atoms with Crippen LogP contribution in [0.15, 0.2) is 24.3 Å². The van der Waals surface area contributed by atoms with Crippen molar-refractivity contribution in [3.63, 3.8) is 0 Å². The molecule has 0 radical (unpaired) electrons. The third-order valence-electron chi connectivity index (χ3n) is 7.03. The Morgan fingerprint density at radius 3 is 2.73 bits per heavy atom. The molecule has 0 unspecified atom stereocenters. The summed E-state index contributed by atoms with van der Waals surface area (Å²) in [6.45, 7) is 3.93. The lowest BCUT2D eigenvalue weighted by Crippen LogP contribution is -2.53. The lowest BCUT2D eigenvalue weighted by atomic mass is 9.78. The Kier molecular flexibility index (Phi) is 8.44. The number of benzene rings is 1. The van der Waals surface area contributed by atoms with Gasteiger partial charge in [-0.05, 0) is 56.8 Å². The van der Waals surface area contributed by atoms with Crippen LogP contribution in [0.4, 0.5) is 4.79 Å². The van der Waals surface area contributed by atoms with Crippen molar-refractivity contribution in [3.05, 3.63) is 34.9 Å². The van der Waals surface area contributed by atoms with Gasteiger partial charge in [0.25, 0.3) is 0 Å². The molecule has 0 aromatic heterocycles. The zero-order valence-electron chi connectivity index (χ0n) is 18.5. The first kappa shape index (κ1) is 23.4. The molecule has 1 aliphatic carbocycles. The van der Waals surface area contributed by atoms with Gasteiger partial charge in [-0.3, -0.25) is 0 Å². The molecule has 3 atom stereocenters. The molecule has 1 saturated heterocycles. The zero-order chi connectivity index (χ0) is 21.6. The topological polar surface area (TPSA) is 64.6 Å². The maximum absolute atomic E-state index is 13.1. The molecule has 1 saturated carbocycles. The molecular weight excluding hydrogens is 398 g/mol. The number of likely N-dealkylation sites (tertiary alicyclic amines) is 1. The minimum Gasteiger partial charge on any atom is -0.385 e. The van der Waals surface area contributed by atoms with E-state index in [1.54, 1.807) is 0 Å². The molecule has 2 fully saturated rings. The summed E-state index contributed by atoms with van der Waals surface area (Å²) in [4.78, 5) is 15.0. The summed E-state index contributed by atoms with van der Waals surface area (Å²) in [6, 6.07) is 7.58. The Morgan fingerprint density at radius 2 is 2.03 bits per heavy atom. The van der Waals surface area contributed by atoms with Gasteiger partial charge in [0, 0.05) is 36.6 Å². The maximum atomic E-state index is 13.1. The van der Waals surface area contributed by atoms with Crippen molar-refractivity contribution in [2.75, 3.05) is 26.7 Å². The van der Waals surface area contributed by atoms with Crippen LogP contribution in [0.25, 0.3) is 0 Å². The number of carbonyl (C=O) groups is 1. The first-order chi connectivity index (χ1) is 14.4. The lowest BCUT2D eigenvalue weighted by Gasteiger charge is -2.41. The molecule has 3 N–H and O–H groups in total. The van der Waals surface area contributed by atoms with Gasteiger partial charge < -0.3 is 20.6 Å². The van der Waals surface area contributed by atoms with Gasteiger partial charge in [0.1, 0.15) is 0 Å². The number of rotatable bonds is 7. The molecule has 2 amide bonds. The molecule has 6 heteroatoms. The molecule has 0 bridgehead atoms. The lowest BCUT2D eigenvalue weighted by molar-refractivity contribution is -0.0314. The molecule has 30 heavy (non-hydrogen) atoms.